The van der Waals surface area contributed by atoms with E-state index in [2.05, 4.69) is 14.9 Å². The van der Waals surface area contributed by atoms with Gasteiger partial charge in [-0.05, 0) is 24.7 Å². The van der Waals surface area contributed by atoms with Gasteiger partial charge in [-0.2, -0.15) is 5.10 Å². The van der Waals surface area contributed by atoms with Crippen molar-refractivity contribution in [1.29, 1.82) is 0 Å². The summed E-state index contributed by atoms with van der Waals surface area (Å²) in [6.07, 6.45) is 2.28. The number of hydrogen-bond acceptors (Lipinski definition) is 3. The summed E-state index contributed by atoms with van der Waals surface area (Å²) in [7, 11) is 1.39. The number of nitrogens with one attached hydrogen (secondary N) is 1. The number of rotatable bonds is 1. The van der Waals surface area contributed by atoms with Gasteiger partial charge in [0.25, 0.3) is 0 Å². The summed E-state index contributed by atoms with van der Waals surface area (Å²) in [5.74, 6) is 1.04. The molecule has 0 radical (unpaired) electrons. The van der Waals surface area contributed by atoms with Crippen LogP contribution in [0.25, 0.3) is 0 Å². The van der Waals surface area contributed by atoms with Gasteiger partial charge in [0.15, 0.2) is 5.69 Å². The predicted octanol–water partition coefficient (Wildman–Crippen LogP) is 0.856. The lowest BCUT2D eigenvalue weighted by Crippen LogP contribution is -2.04. The molecule has 2 aliphatic rings. The summed E-state index contributed by atoms with van der Waals surface area (Å²) in [6.45, 7) is 0. The van der Waals surface area contributed by atoms with Crippen LogP contribution in [0.4, 0.5) is 0 Å². The molecule has 0 saturated heterocycles. The van der Waals surface area contributed by atoms with Crippen molar-refractivity contribution in [3.05, 3.63) is 17.0 Å². The van der Waals surface area contributed by atoms with Gasteiger partial charge in [0, 0.05) is 11.3 Å². The summed E-state index contributed by atoms with van der Waals surface area (Å²) < 4.78 is 4.67. The smallest absolute Gasteiger partial charge is 0.358 e. The van der Waals surface area contributed by atoms with Crippen LogP contribution < -0.4 is 0 Å². The lowest BCUT2D eigenvalue weighted by atomic mass is 10.1. The average molecular weight is 178 g/mol. The molecule has 3 rings (SSSR count). The van der Waals surface area contributed by atoms with Gasteiger partial charge in [-0.1, -0.05) is 0 Å². The summed E-state index contributed by atoms with van der Waals surface area (Å²) in [5, 5.41) is 6.90. The Morgan fingerprint density at radius 3 is 3.31 bits per heavy atom. The van der Waals surface area contributed by atoms with Crippen LogP contribution in [0, 0.1) is 5.92 Å². The van der Waals surface area contributed by atoms with Crippen molar-refractivity contribution in [3.63, 3.8) is 0 Å². The van der Waals surface area contributed by atoms with Crippen molar-refractivity contribution in [1.82, 2.24) is 10.2 Å². The van der Waals surface area contributed by atoms with E-state index in [9.17, 15) is 4.79 Å². The monoisotopic (exact) mass is 178 g/mol. The fourth-order valence-corrected chi connectivity index (χ4v) is 2.28. The van der Waals surface area contributed by atoms with Gasteiger partial charge in [0.05, 0.1) is 7.11 Å². The van der Waals surface area contributed by atoms with E-state index in [1.54, 1.807) is 0 Å². The van der Waals surface area contributed by atoms with Crippen LogP contribution in [0.15, 0.2) is 0 Å². The highest BCUT2D eigenvalue weighted by Crippen LogP contribution is 2.56. The van der Waals surface area contributed by atoms with Crippen LogP contribution in [-0.2, 0) is 11.2 Å². The number of aromatic amines is 1. The fraction of sp³-hybridized carbons (Fsp3) is 0.556. The molecule has 2 unspecified atom stereocenters. The highest BCUT2D eigenvalue weighted by molar-refractivity contribution is 5.89. The molecule has 68 valence electrons. The molecule has 1 heterocycles. The van der Waals surface area contributed by atoms with E-state index < -0.39 is 0 Å². The Kier molecular flexibility index (Phi) is 1.17. The number of fused-ring (bicyclic) bond motifs is 3. The number of aromatic nitrogens is 2. The highest BCUT2D eigenvalue weighted by Gasteiger charge is 2.49. The molecule has 1 N–H and O–H groups in total. The van der Waals surface area contributed by atoms with Crippen LogP contribution in [0.1, 0.15) is 34.1 Å². The molecule has 0 spiro atoms. The molecule has 0 bridgehead atoms. The summed E-state index contributed by atoms with van der Waals surface area (Å²) >= 11 is 0. The normalized spacial score (nSPS) is 28.1. The molecule has 2 aliphatic carbocycles. The van der Waals surface area contributed by atoms with Crippen LogP contribution in [0.3, 0.4) is 0 Å². The highest BCUT2D eigenvalue weighted by atomic mass is 16.5. The largest absolute Gasteiger partial charge is 0.464 e. The van der Waals surface area contributed by atoms with Gasteiger partial charge in [-0.15, -0.1) is 0 Å². The molecule has 1 fully saturated rings. The Bertz CT molecular complexity index is 383. The molecule has 1 aromatic heterocycles. The molecule has 13 heavy (non-hydrogen) atoms. The van der Waals surface area contributed by atoms with Crippen molar-refractivity contribution in [3.8, 4) is 0 Å². The molecule has 1 aromatic rings. The van der Waals surface area contributed by atoms with E-state index in [4.69, 9.17) is 0 Å². The Morgan fingerprint density at radius 1 is 1.69 bits per heavy atom. The quantitative estimate of drug-likeness (QED) is 0.649. The van der Waals surface area contributed by atoms with Crippen molar-refractivity contribution in [2.45, 2.75) is 18.8 Å². The Labute approximate surface area is 75.3 Å². The third-order valence-corrected chi connectivity index (χ3v) is 3.02. The lowest BCUT2D eigenvalue weighted by molar-refractivity contribution is 0.0592. The van der Waals surface area contributed by atoms with Gasteiger partial charge in [0.1, 0.15) is 0 Å². The number of H-pyrrole nitrogens is 1. The Balaban J connectivity index is 2.07. The van der Waals surface area contributed by atoms with Gasteiger partial charge in [0.2, 0.25) is 0 Å². The zero-order chi connectivity index (χ0) is 9.00. The number of hydrogen-bond donors (Lipinski definition) is 1. The number of esters is 1. The van der Waals surface area contributed by atoms with Gasteiger partial charge < -0.3 is 4.74 Å². The maximum atomic E-state index is 11.3. The second-order valence-electron chi connectivity index (χ2n) is 3.76. The van der Waals surface area contributed by atoms with E-state index in [0.29, 0.717) is 11.6 Å². The second kappa shape index (κ2) is 2.13. The maximum Gasteiger partial charge on any atom is 0.358 e. The molecule has 0 aliphatic heterocycles. The molecular weight excluding hydrogens is 168 g/mol. The van der Waals surface area contributed by atoms with Crippen molar-refractivity contribution < 1.29 is 9.53 Å². The summed E-state index contributed by atoms with van der Waals surface area (Å²) in [6, 6.07) is 0. The summed E-state index contributed by atoms with van der Waals surface area (Å²) in [5.41, 5.74) is 2.76. The fourth-order valence-electron chi connectivity index (χ4n) is 2.28. The Hall–Kier alpha value is -1.32. The van der Waals surface area contributed by atoms with Crippen molar-refractivity contribution in [2.75, 3.05) is 7.11 Å². The molecule has 0 aromatic carbocycles. The zero-order valence-corrected chi connectivity index (χ0v) is 7.33. The number of nitrogens with zero attached hydrogens (tertiary/aromatic N) is 1. The predicted molar refractivity (Wildman–Crippen MR) is 44.5 cm³/mol. The van der Waals surface area contributed by atoms with E-state index in [1.807, 2.05) is 0 Å². The minimum atomic E-state index is -0.315. The van der Waals surface area contributed by atoms with Crippen molar-refractivity contribution >= 4 is 5.97 Å². The van der Waals surface area contributed by atoms with Crippen LogP contribution in [0.2, 0.25) is 0 Å². The number of carbonyl (C=O) groups excluding carboxylic acids is 1. The first-order chi connectivity index (χ1) is 6.31. The number of methoxy groups -OCH3 is 1. The van der Waals surface area contributed by atoms with Crippen molar-refractivity contribution in [2.24, 2.45) is 5.92 Å². The molecule has 2 atom stereocenters. The van der Waals surface area contributed by atoms with E-state index in [1.165, 1.54) is 13.5 Å². The molecule has 1 saturated carbocycles. The molecule has 4 nitrogen and oxygen atoms in total. The lowest BCUT2D eigenvalue weighted by Gasteiger charge is -1.96. The first kappa shape index (κ1) is 7.12. The number of ether oxygens (including phenoxy) is 1. The molecule has 4 heteroatoms. The topological polar surface area (TPSA) is 55.0 Å². The first-order valence-corrected chi connectivity index (χ1v) is 4.46. The second-order valence-corrected chi connectivity index (χ2v) is 3.76. The molecule has 0 amide bonds. The standard InChI is InChI=1S/C9H10N2O2/c1-13-9(12)8-7-5-2-4(5)3-6(7)10-11-8/h4-5H,2-3H2,1H3,(H,10,11). The van der Waals surface area contributed by atoms with E-state index in [-0.39, 0.29) is 5.97 Å². The zero-order valence-electron chi connectivity index (χ0n) is 7.33. The number of carbonyl (C=O) groups is 1. The average Bonchev–Trinajstić information content (AvgIpc) is 2.61. The van der Waals surface area contributed by atoms with Gasteiger partial charge >= 0.3 is 5.97 Å². The SMILES string of the molecule is COC(=O)c1n[nH]c2c1C1CC1C2. The van der Waals surface area contributed by atoms with E-state index in [0.717, 1.165) is 23.6 Å². The molecular formula is C9H10N2O2. The third-order valence-electron chi connectivity index (χ3n) is 3.02. The van der Waals surface area contributed by atoms with Gasteiger partial charge in [-0.3, -0.25) is 5.10 Å². The maximum absolute atomic E-state index is 11.3. The Morgan fingerprint density at radius 2 is 2.54 bits per heavy atom. The van der Waals surface area contributed by atoms with Crippen LogP contribution in [-0.4, -0.2) is 23.3 Å². The van der Waals surface area contributed by atoms with Crippen LogP contribution in [0.5, 0.6) is 0 Å². The minimum Gasteiger partial charge on any atom is -0.464 e. The third kappa shape index (κ3) is 0.802. The minimum absolute atomic E-state index is 0.315. The first-order valence-electron chi connectivity index (χ1n) is 4.46. The van der Waals surface area contributed by atoms with E-state index >= 15 is 0 Å². The van der Waals surface area contributed by atoms with Crippen LogP contribution >= 0.6 is 0 Å². The summed E-state index contributed by atoms with van der Waals surface area (Å²) in [4.78, 5) is 11.3. The van der Waals surface area contributed by atoms with Gasteiger partial charge in [-0.25, -0.2) is 4.79 Å².